The molecule has 1 aliphatic rings. The molecule has 0 spiro atoms. The summed E-state index contributed by atoms with van der Waals surface area (Å²) in [6, 6.07) is 1.54. The zero-order valence-corrected chi connectivity index (χ0v) is 11.0. The molecular formula is C12H17N3O4. The molecule has 1 aromatic heterocycles. The standard InChI is InChI=1S/C12H17N3O4/c1-8-6-9(14-19-8)10(16)15-5-3-4-12(15,7-18-2)11(13)17/h6H,3-5,7H2,1-2H3,(H2,13,17). The third kappa shape index (κ3) is 2.21. The third-order valence-corrected chi connectivity index (χ3v) is 3.42. The fraction of sp³-hybridized carbons (Fsp3) is 0.583. The van der Waals surface area contributed by atoms with Gasteiger partial charge in [-0.3, -0.25) is 9.59 Å². The van der Waals surface area contributed by atoms with Crippen LogP contribution in [0.3, 0.4) is 0 Å². The molecule has 0 radical (unpaired) electrons. The van der Waals surface area contributed by atoms with Crippen LogP contribution >= 0.6 is 0 Å². The average molecular weight is 267 g/mol. The highest BCUT2D eigenvalue weighted by atomic mass is 16.5. The maximum absolute atomic E-state index is 12.4. The van der Waals surface area contributed by atoms with E-state index in [-0.39, 0.29) is 18.2 Å². The van der Waals surface area contributed by atoms with Crippen LogP contribution in [0.5, 0.6) is 0 Å². The summed E-state index contributed by atoms with van der Waals surface area (Å²) >= 11 is 0. The second kappa shape index (κ2) is 5.00. The molecule has 7 heteroatoms. The monoisotopic (exact) mass is 267 g/mol. The van der Waals surface area contributed by atoms with Crippen molar-refractivity contribution in [3.05, 3.63) is 17.5 Å². The summed E-state index contributed by atoms with van der Waals surface area (Å²) in [4.78, 5) is 25.6. The fourth-order valence-electron chi connectivity index (χ4n) is 2.50. The molecule has 7 nitrogen and oxygen atoms in total. The van der Waals surface area contributed by atoms with E-state index in [2.05, 4.69) is 5.16 Å². The van der Waals surface area contributed by atoms with Crippen LogP contribution in [0.4, 0.5) is 0 Å². The number of aromatic nitrogens is 1. The van der Waals surface area contributed by atoms with Crippen LogP contribution in [0.2, 0.25) is 0 Å². The molecule has 2 heterocycles. The Morgan fingerprint density at radius 2 is 2.37 bits per heavy atom. The minimum atomic E-state index is -1.08. The number of primary amides is 1. The Labute approximate surface area is 110 Å². The number of hydrogen-bond donors (Lipinski definition) is 1. The lowest BCUT2D eigenvalue weighted by Crippen LogP contribution is -2.58. The van der Waals surface area contributed by atoms with Gasteiger partial charge in [0.2, 0.25) is 5.91 Å². The number of aryl methyl sites for hydroxylation is 1. The van der Waals surface area contributed by atoms with Gasteiger partial charge in [0.25, 0.3) is 5.91 Å². The lowest BCUT2D eigenvalue weighted by atomic mass is 9.96. The van der Waals surface area contributed by atoms with E-state index in [1.807, 2.05) is 0 Å². The molecule has 1 aliphatic heterocycles. The molecule has 19 heavy (non-hydrogen) atoms. The van der Waals surface area contributed by atoms with E-state index in [1.165, 1.54) is 12.0 Å². The lowest BCUT2D eigenvalue weighted by Gasteiger charge is -2.34. The first kappa shape index (κ1) is 13.5. The molecule has 2 rings (SSSR count). The number of carbonyl (C=O) groups is 2. The van der Waals surface area contributed by atoms with Gasteiger partial charge in [0.1, 0.15) is 11.3 Å². The van der Waals surface area contributed by atoms with Gasteiger partial charge in [-0.15, -0.1) is 0 Å². The fourth-order valence-corrected chi connectivity index (χ4v) is 2.50. The highest BCUT2D eigenvalue weighted by Gasteiger charge is 2.49. The molecule has 104 valence electrons. The summed E-state index contributed by atoms with van der Waals surface area (Å²) in [7, 11) is 1.48. The van der Waals surface area contributed by atoms with Crippen LogP contribution in [-0.4, -0.2) is 47.7 Å². The smallest absolute Gasteiger partial charge is 0.277 e. The molecule has 1 fully saturated rings. The van der Waals surface area contributed by atoms with Crippen LogP contribution in [0, 0.1) is 6.92 Å². The van der Waals surface area contributed by atoms with Crippen molar-refractivity contribution in [3.63, 3.8) is 0 Å². The summed E-state index contributed by atoms with van der Waals surface area (Å²) < 4.78 is 9.96. The normalized spacial score (nSPS) is 22.7. The molecule has 2 N–H and O–H groups in total. The maximum atomic E-state index is 12.4. The van der Waals surface area contributed by atoms with E-state index in [0.717, 1.165) is 0 Å². The van der Waals surface area contributed by atoms with E-state index < -0.39 is 11.4 Å². The van der Waals surface area contributed by atoms with E-state index in [9.17, 15) is 9.59 Å². The minimum absolute atomic E-state index is 0.0882. The first-order valence-corrected chi connectivity index (χ1v) is 6.05. The van der Waals surface area contributed by atoms with Crippen molar-refractivity contribution >= 4 is 11.8 Å². The van der Waals surface area contributed by atoms with Crippen molar-refractivity contribution in [1.29, 1.82) is 0 Å². The lowest BCUT2D eigenvalue weighted by molar-refractivity contribution is -0.130. The number of ether oxygens (including phenoxy) is 1. The van der Waals surface area contributed by atoms with Crippen LogP contribution in [0.1, 0.15) is 29.1 Å². The Morgan fingerprint density at radius 3 is 2.89 bits per heavy atom. The van der Waals surface area contributed by atoms with Crippen LogP contribution in [0.15, 0.2) is 10.6 Å². The summed E-state index contributed by atoms with van der Waals surface area (Å²) in [5.74, 6) is -0.371. The molecule has 1 aromatic rings. The van der Waals surface area contributed by atoms with Gasteiger partial charge >= 0.3 is 0 Å². The largest absolute Gasteiger partial charge is 0.382 e. The summed E-state index contributed by atoms with van der Waals surface area (Å²) in [5, 5.41) is 3.69. The molecule has 0 aromatic carbocycles. The topological polar surface area (TPSA) is 98.7 Å². The zero-order valence-electron chi connectivity index (χ0n) is 11.0. The van der Waals surface area contributed by atoms with Crippen molar-refractivity contribution < 1.29 is 18.8 Å². The van der Waals surface area contributed by atoms with Gasteiger partial charge < -0.3 is 19.9 Å². The molecular weight excluding hydrogens is 250 g/mol. The van der Waals surface area contributed by atoms with Gasteiger partial charge in [0.05, 0.1) is 6.61 Å². The second-order valence-electron chi connectivity index (χ2n) is 4.71. The van der Waals surface area contributed by atoms with Crippen molar-refractivity contribution in [2.75, 3.05) is 20.3 Å². The Morgan fingerprint density at radius 1 is 1.63 bits per heavy atom. The maximum Gasteiger partial charge on any atom is 0.277 e. The summed E-state index contributed by atoms with van der Waals surface area (Å²) in [5.41, 5.74) is 4.57. The molecule has 2 amide bonds. The zero-order chi connectivity index (χ0) is 14.0. The number of amides is 2. The summed E-state index contributed by atoms with van der Waals surface area (Å²) in [6.45, 7) is 2.24. The average Bonchev–Trinajstić information content (AvgIpc) is 2.96. The third-order valence-electron chi connectivity index (χ3n) is 3.42. The summed E-state index contributed by atoms with van der Waals surface area (Å²) in [6.07, 6.45) is 1.20. The Bertz CT molecular complexity index is 499. The Kier molecular flexibility index (Phi) is 3.57. The molecule has 0 aliphatic carbocycles. The van der Waals surface area contributed by atoms with Crippen LogP contribution in [-0.2, 0) is 9.53 Å². The first-order valence-electron chi connectivity index (χ1n) is 6.05. The van der Waals surface area contributed by atoms with Gasteiger partial charge in [-0.25, -0.2) is 0 Å². The van der Waals surface area contributed by atoms with Gasteiger partial charge in [-0.2, -0.15) is 0 Å². The van der Waals surface area contributed by atoms with Gasteiger partial charge in [-0.05, 0) is 19.8 Å². The van der Waals surface area contributed by atoms with E-state index in [0.29, 0.717) is 25.1 Å². The number of methoxy groups -OCH3 is 1. The van der Waals surface area contributed by atoms with Crippen molar-refractivity contribution in [2.45, 2.75) is 25.3 Å². The van der Waals surface area contributed by atoms with E-state index in [1.54, 1.807) is 13.0 Å². The van der Waals surface area contributed by atoms with Crippen LogP contribution in [0.25, 0.3) is 0 Å². The predicted molar refractivity (Wildman–Crippen MR) is 65.3 cm³/mol. The molecule has 1 unspecified atom stereocenters. The van der Waals surface area contributed by atoms with Gasteiger partial charge in [-0.1, -0.05) is 5.16 Å². The highest BCUT2D eigenvalue weighted by Crippen LogP contribution is 2.31. The number of likely N-dealkylation sites (tertiary alicyclic amines) is 1. The number of nitrogens with zero attached hydrogens (tertiary/aromatic N) is 2. The first-order chi connectivity index (χ1) is 9.01. The highest BCUT2D eigenvalue weighted by molar-refractivity contribution is 5.98. The number of carbonyl (C=O) groups excluding carboxylic acids is 2. The Balaban J connectivity index is 2.31. The number of rotatable bonds is 4. The minimum Gasteiger partial charge on any atom is -0.382 e. The number of nitrogens with two attached hydrogens (primary N) is 1. The van der Waals surface area contributed by atoms with Crippen molar-refractivity contribution in [3.8, 4) is 0 Å². The second-order valence-corrected chi connectivity index (χ2v) is 4.71. The van der Waals surface area contributed by atoms with Crippen LogP contribution < -0.4 is 5.73 Å². The van der Waals surface area contributed by atoms with Crippen molar-refractivity contribution in [2.24, 2.45) is 5.73 Å². The SMILES string of the molecule is COCC1(C(N)=O)CCCN1C(=O)c1cc(C)on1. The van der Waals surface area contributed by atoms with E-state index >= 15 is 0 Å². The molecule has 1 saturated heterocycles. The molecule has 0 bridgehead atoms. The Hall–Kier alpha value is -1.89. The molecule has 1 atom stereocenters. The molecule has 0 saturated carbocycles. The van der Waals surface area contributed by atoms with Gasteiger partial charge in [0, 0.05) is 19.7 Å². The van der Waals surface area contributed by atoms with Crippen molar-refractivity contribution in [1.82, 2.24) is 10.1 Å². The predicted octanol–water partition coefficient (Wildman–Crippen LogP) is 0.0895. The van der Waals surface area contributed by atoms with Gasteiger partial charge in [0.15, 0.2) is 5.69 Å². The number of hydrogen-bond acceptors (Lipinski definition) is 5. The quantitative estimate of drug-likeness (QED) is 0.833. The van der Waals surface area contributed by atoms with E-state index in [4.69, 9.17) is 15.0 Å².